The molecule has 0 fully saturated rings. The van der Waals surface area contributed by atoms with E-state index in [0.29, 0.717) is 24.9 Å². The van der Waals surface area contributed by atoms with Crippen LogP contribution in [0.15, 0.2) is 97.1 Å². The summed E-state index contributed by atoms with van der Waals surface area (Å²) in [5, 5.41) is 2.76. The first-order valence-electron chi connectivity index (χ1n) is 13.8. The molecule has 2 N–H and O–H groups in total. The predicted octanol–water partition coefficient (Wildman–Crippen LogP) is 4.45. The van der Waals surface area contributed by atoms with E-state index in [2.05, 4.69) is 22.7 Å². The van der Waals surface area contributed by atoms with Crippen molar-refractivity contribution in [2.45, 2.75) is 55.7 Å². The van der Waals surface area contributed by atoms with Crippen molar-refractivity contribution in [2.24, 2.45) is 0 Å². The number of nitrogens with one attached hydrogen (secondary N) is 2. The monoisotopic (exact) mass is 591 g/mol. The number of fused-ring (bicyclic) bond motifs is 1. The van der Waals surface area contributed by atoms with Gasteiger partial charge in [-0.1, -0.05) is 91.9 Å². The van der Waals surface area contributed by atoms with Crippen molar-refractivity contribution in [3.05, 3.63) is 114 Å². The quantitative estimate of drug-likeness (QED) is 0.202. The third-order valence-electron chi connectivity index (χ3n) is 6.95. The van der Waals surface area contributed by atoms with E-state index in [9.17, 15) is 18.0 Å². The Morgan fingerprint density at radius 1 is 0.951 bits per heavy atom. The molecule has 1 aliphatic heterocycles. The summed E-state index contributed by atoms with van der Waals surface area (Å²) in [5.74, 6) is -0.843. The first-order chi connectivity index (χ1) is 19.7. The van der Waals surface area contributed by atoms with Crippen molar-refractivity contribution in [3.63, 3.8) is 0 Å². The number of sulfonamides is 1. The Balaban J connectivity index is 1.48. The fraction of sp³-hybridized carbons (Fsp3) is 0.312. The Bertz CT molecular complexity index is 1440. The van der Waals surface area contributed by atoms with Crippen LogP contribution >= 0.6 is 12.6 Å². The molecule has 7 nitrogen and oxygen atoms in total. The second-order valence-electron chi connectivity index (χ2n) is 10.4. The topological polar surface area (TPSA) is 95.6 Å². The normalized spacial score (nSPS) is 15.3. The molecule has 216 valence electrons. The van der Waals surface area contributed by atoms with Gasteiger partial charge < -0.3 is 10.2 Å². The summed E-state index contributed by atoms with van der Waals surface area (Å²) in [4.78, 5) is 28.4. The van der Waals surface area contributed by atoms with Gasteiger partial charge in [0.25, 0.3) is 5.91 Å². The molecule has 0 spiro atoms. The fourth-order valence-corrected chi connectivity index (χ4v) is 6.49. The number of amides is 2. The Labute approximate surface area is 248 Å². The maximum absolute atomic E-state index is 13.5. The van der Waals surface area contributed by atoms with Crippen LogP contribution in [0.3, 0.4) is 0 Å². The molecule has 9 heteroatoms. The first-order valence-corrected chi connectivity index (χ1v) is 16.0. The highest BCUT2D eigenvalue weighted by Gasteiger charge is 2.28. The lowest BCUT2D eigenvalue weighted by Crippen LogP contribution is -2.50. The van der Waals surface area contributed by atoms with Gasteiger partial charge in [0, 0.05) is 29.6 Å². The molecule has 1 aliphatic rings. The molecule has 0 saturated heterocycles. The second kappa shape index (κ2) is 14.5. The minimum atomic E-state index is -3.80. The van der Waals surface area contributed by atoms with Gasteiger partial charge in [-0.15, -0.1) is 0 Å². The third kappa shape index (κ3) is 9.31. The minimum Gasteiger partial charge on any atom is -0.348 e. The van der Waals surface area contributed by atoms with E-state index in [-0.39, 0.29) is 23.3 Å². The van der Waals surface area contributed by atoms with E-state index in [0.717, 1.165) is 23.2 Å². The van der Waals surface area contributed by atoms with Crippen LogP contribution in [0.25, 0.3) is 0 Å². The van der Waals surface area contributed by atoms with Crippen molar-refractivity contribution in [3.8, 4) is 0 Å². The number of hydrogen-bond acceptors (Lipinski definition) is 5. The number of hydrogen-bond donors (Lipinski definition) is 3. The molecule has 3 aromatic carbocycles. The van der Waals surface area contributed by atoms with E-state index >= 15 is 0 Å². The van der Waals surface area contributed by atoms with Gasteiger partial charge in [-0.3, -0.25) is 9.59 Å². The van der Waals surface area contributed by atoms with Crippen LogP contribution in [0, 0.1) is 0 Å². The van der Waals surface area contributed by atoms with Crippen LogP contribution in [0.4, 0.5) is 5.69 Å². The van der Waals surface area contributed by atoms with E-state index < -0.39 is 28.0 Å². The van der Waals surface area contributed by atoms with Crippen LogP contribution in [0.2, 0.25) is 0 Å². The molecular formula is C32H37N3O4S2. The predicted molar refractivity (Wildman–Crippen MR) is 167 cm³/mol. The smallest absolute Gasteiger partial charge is 0.250 e. The summed E-state index contributed by atoms with van der Waals surface area (Å²) in [7, 11) is -3.80. The van der Waals surface area contributed by atoms with Gasteiger partial charge in [0.1, 0.15) is 6.04 Å². The average molecular weight is 592 g/mol. The molecule has 41 heavy (non-hydrogen) atoms. The molecule has 3 atom stereocenters. The molecular weight excluding hydrogens is 555 g/mol. The SMILES string of the molecule is CC(S)C[C@H](NS(=O)(=O)Cc1ccccc1)C(=O)N[C@H](/C=C/C(=O)N1CCc2ccccc21)CCc1ccccc1. The Morgan fingerprint density at radius 3 is 2.27 bits per heavy atom. The molecule has 4 rings (SSSR count). The van der Waals surface area contributed by atoms with Gasteiger partial charge in [0.15, 0.2) is 0 Å². The molecule has 3 aromatic rings. The molecule has 1 heterocycles. The van der Waals surface area contributed by atoms with Crippen LogP contribution < -0.4 is 14.9 Å². The molecule has 0 radical (unpaired) electrons. The summed E-state index contributed by atoms with van der Waals surface area (Å²) >= 11 is 4.42. The lowest BCUT2D eigenvalue weighted by molar-refractivity contribution is -0.123. The first kappa shape index (κ1) is 30.6. The zero-order valence-corrected chi connectivity index (χ0v) is 24.9. The van der Waals surface area contributed by atoms with E-state index in [1.54, 1.807) is 35.2 Å². The Kier molecular flexibility index (Phi) is 10.8. The average Bonchev–Trinajstić information content (AvgIpc) is 3.39. The highest BCUT2D eigenvalue weighted by atomic mass is 32.2. The number of rotatable bonds is 13. The molecule has 1 unspecified atom stereocenters. The number of carbonyl (C=O) groups is 2. The number of aryl methyl sites for hydroxylation is 1. The minimum absolute atomic E-state index is 0.155. The zero-order chi connectivity index (χ0) is 29.2. The summed E-state index contributed by atoms with van der Waals surface area (Å²) in [6, 6.07) is 25.1. The largest absolute Gasteiger partial charge is 0.348 e. The summed E-state index contributed by atoms with van der Waals surface area (Å²) in [5.41, 5.74) is 3.77. The summed E-state index contributed by atoms with van der Waals surface area (Å²) in [6.45, 7) is 2.42. The second-order valence-corrected chi connectivity index (χ2v) is 13.0. The fourth-order valence-electron chi connectivity index (χ4n) is 4.92. The van der Waals surface area contributed by atoms with E-state index in [1.165, 1.54) is 6.08 Å². The molecule has 0 aliphatic carbocycles. The van der Waals surface area contributed by atoms with Crippen molar-refractivity contribution in [1.82, 2.24) is 10.0 Å². The number of nitrogens with zero attached hydrogens (tertiary/aromatic N) is 1. The summed E-state index contributed by atoms with van der Waals surface area (Å²) in [6.07, 6.45) is 5.44. The van der Waals surface area contributed by atoms with Crippen molar-refractivity contribution in [1.29, 1.82) is 0 Å². The van der Waals surface area contributed by atoms with Crippen molar-refractivity contribution >= 4 is 40.2 Å². The van der Waals surface area contributed by atoms with Gasteiger partial charge in [0.05, 0.1) is 5.75 Å². The van der Waals surface area contributed by atoms with Crippen LogP contribution in [-0.4, -0.2) is 44.1 Å². The molecule has 2 amide bonds. The summed E-state index contributed by atoms with van der Waals surface area (Å²) < 4.78 is 28.5. The molecule has 0 aromatic heterocycles. The van der Waals surface area contributed by atoms with Crippen molar-refractivity contribution in [2.75, 3.05) is 11.4 Å². The highest BCUT2D eigenvalue weighted by molar-refractivity contribution is 7.88. The maximum atomic E-state index is 13.5. The lowest BCUT2D eigenvalue weighted by Gasteiger charge is -2.23. The number of para-hydroxylation sites is 1. The van der Waals surface area contributed by atoms with Crippen LogP contribution in [0.5, 0.6) is 0 Å². The number of anilines is 1. The van der Waals surface area contributed by atoms with E-state index in [4.69, 9.17) is 0 Å². The van der Waals surface area contributed by atoms with Gasteiger partial charge in [-0.2, -0.15) is 12.6 Å². The maximum Gasteiger partial charge on any atom is 0.250 e. The van der Waals surface area contributed by atoms with Gasteiger partial charge in [-0.05, 0) is 48.4 Å². The zero-order valence-electron chi connectivity index (χ0n) is 23.1. The standard InChI is InChI=1S/C32H37N3O4S2/c1-24(40)22-29(34-41(38,39)23-26-12-6-3-7-13-26)32(37)33-28(17-16-25-10-4-2-5-11-25)18-19-31(36)35-21-20-27-14-8-9-15-30(27)35/h2-15,18-19,24,28-29,34,40H,16-17,20-23H2,1H3,(H,33,37)/b19-18+/t24?,28-,29-/m0/s1. The van der Waals surface area contributed by atoms with Crippen LogP contribution in [-0.2, 0) is 38.2 Å². The molecule has 0 saturated carbocycles. The van der Waals surface area contributed by atoms with Crippen LogP contribution in [0.1, 0.15) is 36.5 Å². The number of benzene rings is 3. The van der Waals surface area contributed by atoms with E-state index in [1.807, 2.05) is 67.6 Å². The van der Waals surface area contributed by atoms with Gasteiger partial charge >= 0.3 is 0 Å². The Morgan fingerprint density at radius 2 is 1.59 bits per heavy atom. The Hall–Kier alpha value is -3.40. The highest BCUT2D eigenvalue weighted by Crippen LogP contribution is 2.27. The number of carbonyl (C=O) groups excluding carboxylic acids is 2. The number of thiol groups is 1. The van der Waals surface area contributed by atoms with Gasteiger partial charge in [0.2, 0.25) is 15.9 Å². The lowest BCUT2D eigenvalue weighted by atomic mass is 10.0. The van der Waals surface area contributed by atoms with Gasteiger partial charge in [-0.25, -0.2) is 13.1 Å². The molecule has 0 bridgehead atoms. The third-order valence-corrected chi connectivity index (χ3v) is 8.52. The van der Waals surface area contributed by atoms with Crippen molar-refractivity contribution < 1.29 is 18.0 Å².